The molecule has 1 aromatic heterocycles. The summed E-state index contributed by atoms with van der Waals surface area (Å²) >= 11 is 7.00. The number of carbonyl (C=O) groups is 1. The lowest BCUT2D eigenvalue weighted by atomic mass is 10.2. The van der Waals surface area contributed by atoms with Crippen LogP contribution >= 0.6 is 22.9 Å². The molecule has 1 heterocycles. The molecular formula is C10H13ClN2O2S. The molecule has 0 spiro atoms. The number of hydrogen-bond donors (Lipinski definition) is 1. The van der Waals surface area contributed by atoms with Crippen molar-refractivity contribution in [2.75, 3.05) is 12.4 Å². The van der Waals surface area contributed by atoms with Crippen LogP contribution < -0.4 is 5.32 Å². The summed E-state index contributed by atoms with van der Waals surface area (Å²) in [6.45, 7) is 5.64. The van der Waals surface area contributed by atoms with Crippen LogP contribution in [0.2, 0.25) is 5.15 Å². The van der Waals surface area contributed by atoms with Gasteiger partial charge < -0.3 is 10.1 Å². The minimum Gasteiger partial charge on any atom is -0.465 e. The van der Waals surface area contributed by atoms with E-state index in [1.165, 1.54) is 18.4 Å². The van der Waals surface area contributed by atoms with Crippen molar-refractivity contribution < 1.29 is 9.53 Å². The van der Waals surface area contributed by atoms with Crippen LogP contribution in [0, 0.1) is 0 Å². The largest absolute Gasteiger partial charge is 0.465 e. The van der Waals surface area contributed by atoms with Gasteiger partial charge in [0.25, 0.3) is 0 Å². The number of hydrogen-bond acceptors (Lipinski definition) is 5. The molecule has 16 heavy (non-hydrogen) atoms. The first kappa shape index (κ1) is 13.0. The summed E-state index contributed by atoms with van der Waals surface area (Å²) < 4.78 is 4.59. The van der Waals surface area contributed by atoms with Crippen LogP contribution in [0.25, 0.3) is 0 Å². The number of thiazole rings is 1. The molecule has 1 N–H and O–H groups in total. The molecule has 6 heteroatoms. The number of carbonyl (C=O) groups excluding carboxylic acids is 1. The van der Waals surface area contributed by atoms with Crippen molar-refractivity contribution >= 4 is 34.0 Å². The van der Waals surface area contributed by atoms with E-state index in [0.29, 0.717) is 10.0 Å². The van der Waals surface area contributed by atoms with Gasteiger partial charge in [0, 0.05) is 6.04 Å². The molecule has 1 unspecified atom stereocenters. The van der Waals surface area contributed by atoms with Gasteiger partial charge in [-0.05, 0) is 13.3 Å². The minimum absolute atomic E-state index is 0.171. The zero-order valence-electron chi connectivity index (χ0n) is 9.12. The maximum atomic E-state index is 11.3. The summed E-state index contributed by atoms with van der Waals surface area (Å²) in [5.74, 6) is -0.466. The van der Waals surface area contributed by atoms with E-state index >= 15 is 0 Å². The first-order chi connectivity index (χ1) is 7.58. The Morgan fingerprint density at radius 1 is 1.81 bits per heavy atom. The standard InChI is InChI=1S/C10H13ClN2O2S/c1-4-5-6(2)12-10-13-8(11)7(16-10)9(14)15-3/h4,6H,1,5H2,2-3H3,(H,12,13). The molecule has 0 saturated carbocycles. The average Bonchev–Trinajstić information content (AvgIpc) is 2.58. The SMILES string of the molecule is C=CCC(C)Nc1nc(Cl)c(C(=O)OC)s1. The van der Waals surface area contributed by atoms with E-state index in [1.807, 2.05) is 13.0 Å². The van der Waals surface area contributed by atoms with Crippen molar-refractivity contribution in [2.24, 2.45) is 0 Å². The first-order valence-corrected chi connectivity index (χ1v) is 5.90. The summed E-state index contributed by atoms with van der Waals surface area (Å²) in [5.41, 5.74) is 0. The third-order valence-corrected chi connectivity index (χ3v) is 3.20. The van der Waals surface area contributed by atoms with Crippen LogP contribution in [-0.4, -0.2) is 24.1 Å². The lowest BCUT2D eigenvalue weighted by Gasteiger charge is -2.08. The molecule has 0 aliphatic rings. The fraction of sp³-hybridized carbons (Fsp3) is 0.400. The van der Waals surface area contributed by atoms with E-state index in [0.717, 1.165) is 6.42 Å². The molecule has 1 aromatic rings. The highest BCUT2D eigenvalue weighted by atomic mass is 35.5. The molecule has 0 saturated heterocycles. The minimum atomic E-state index is -0.466. The number of halogens is 1. The number of nitrogens with one attached hydrogen (secondary N) is 1. The van der Waals surface area contributed by atoms with Gasteiger partial charge in [-0.15, -0.1) is 6.58 Å². The van der Waals surface area contributed by atoms with Crippen molar-refractivity contribution in [3.8, 4) is 0 Å². The van der Waals surface area contributed by atoms with E-state index < -0.39 is 5.97 Å². The highest BCUT2D eigenvalue weighted by molar-refractivity contribution is 7.18. The second-order valence-corrected chi connectivity index (χ2v) is 4.56. The smallest absolute Gasteiger partial charge is 0.351 e. The van der Waals surface area contributed by atoms with E-state index in [-0.39, 0.29) is 11.2 Å². The first-order valence-electron chi connectivity index (χ1n) is 4.70. The van der Waals surface area contributed by atoms with Gasteiger partial charge in [0.1, 0.15) is 0 Å². The topological polar surface area (TPSA) is 51.2 Å². The maximum Gasteiger partial charge on any atom is 0.351 e. The van der Waals surface area contributed by atoms with E-state index in [9.17, 15) is 4.79 Å². The quantitative estimate of drug-likeness (QED) is 0.653. The number of anilines is 1. The van der Waals surface area contributed by atoms with Crippen LogP contribution in [0.4, 0.5) is 5.13 Å². The van der Waals surface area contributed by atoms with Gasteiger partial charge in [-0.1, -0.05) is 29.0 Å². The summed E-state index contributed by atoms with van der Waals surface area (Å²) in [7, 11) is 1.31. The third-order valence-electron chi connectivity index (χ3n) is 1.85. The summed E-state index contributed by atoms with van der Waals surface area (Å²) in [4.78, 5) is 15.6. The van der Waals surface area contributed by atoms with Crippen LogP contribution in [0.5, 0.6) is 0 Å². The van der Waals surface area contributed by atoms with E-state index in [2.05, 4.69) is 21.6 Å². The Bertz CT molecular complexity index is 392. The number of ether oxygens (including phenoxy) is 1. The highest BCUT2D eigenvalue weighted by Crippen LogP contribution is 2.28. The number of aromatic nitrogens is 1. The fourth-order valence-corrected chi connectivity index (χ4v) is 2.32. The average molecular weight is 261 g/mol. The van der Waals surface area contributed by atoms with E-state index in [4.69, 9.17) is 11.6 Å². The number of nitrogens with zero attached hydrogens (tertiary/aromatic N) is 1. The summed E-state index contributed by atoms with van der Waals surface area (Å²) in [5, 5.41) is 3.91. The zero-order valence-corrected chi connectivity index (χ0v) is 10.7. The number of methoxy groups -OCH3 is 1. The zero-order chi connectivity index (χ0) is 12.1. The van der Waals surface area contributed by atoms with E-state index in [1.54, 1.807) is 0 Å². The second-order valence-electron chi connectivity index (χ2n) is 3.20. The highest BCUT2D eigenvalue weighted by Gasteiger charge is 2.17. The molecule has 0 radical (unpaired) electrons. The molecule has 88 valence electrons. The molecule has 0 amide bonds. The summed E-state index contributed by atoms with van der Waals surface area (Å²) in [6, 6.07) is 0.199. The molecule has 0 aromatic carbocycles. The van der Waals surface area contributed by atoms with Crippen molar-refractivity contribution in [3.63, 3.8) is 0 Å². The third kappa shape index (κ3) is 3.21. The van der Waals surface area contributed by atoms with Gasteiger partial charge in [0.05, 0.1) is 7.11 Å². The van der Waals surface area contributed by atoms with Gasteiger partial charge in [-0.2, -0.15) is 0 Å². The van der Waals surface area contributed by atoms with Gasteiger partial charge in [-0.3, -0.25) is 0 Å². The van der Waals surface area contributed by atoms with Crippen LogP contribution in [0.3, 0.4) is 0 Å². The second kappa shape index (κ2) is 5.86. The molecular weight excluding hydrogens is 248 g/mol. The predicted molar refractivity (Wildman–Crippen MR) is 66.4 cm³/mol. The predicted octanol–water partition coefficient (Wildman–Crippen LogP) is 2.96. The van der Waals surface area contributed by atoms with Gasteiger partial charge in [0.2, 0.25) is 0 Å². The normalized spacial score (nSPS) is 11.9. The Hall–Kier alpha value is -1.07. The van der Waals surface area contributed by atoms with Crippen LogP contribution in [0.15, 0.2) is 12.7 Å². The molecule has 0 fully saturated rings. The maximum absolute atomic E-state index is 11.3. The van der Waals surface area contributed by atoms with Crippen molar-refractivity contribution in [1.29, 1.82) is 0 Å². The van der Waals surface area contributed by atoms with Gasteiger partial charge in [-0.25, -0.2) is 9.78 Å². The molecule has 0 bridgehead atoms. The monoisotopic (exact) mass is 260 g/mol. The lowest BCUT2D eigenvalue weighted by molar-refractivity contribution is 0.0606. The molecule has 0 aliphatic carbocycles. The summed E-state index contributed by atoms with van der Waals surface area (Å²) in [6.07, 6.45) is 2.62. The number of esters is 1. The molecule has 1 rings (SSSR count). The Kier molecular flexibility index (Phi) is 4.76. The van der Waals surface area contributed by atoms with Crippen molar-refractivity contribution in [1.82, 2.24) is 4.98 Å². The van der Waals surface area contributed by atoms with Gasteiger partial charge >= 0.3 is 5.97 Å². The Labute approximate surface area is 103 Å². The van der Waals surface area contributed by atoms with Gasteiger partial charge in [0.15, 0.2) is 15.2 Å². The Balaban J connectivity index is 2.76. The molecule has 1 atom stereocenters. The van der Waals surface area contributed by atoms with Crippen LogP contribution in [0.1, 0.15) is 23.0 Å². The Morgan fingerprint density at radius 3 is 3.06 bits per heavy atom. The lowest BCUT2D eigenvalue weighted by Crippen LogP contribution is -2.13. The van der Waals surface area contributed by atoms with Crippen molar-refractivity contribution in [3.05, 3.63) is 22.7 Å². The molecule has 0 aliphatic heterocycles. The Morgan fingerprint density at radius 2 is 2.50 bits per heavy atom. The van der Waals surface area contributed by atoms with Crippen LogP contribution in [-0.2, 0) is 4.74 Å². The fourth-order valence-electron chi connectivity index (χ4n) is 1.10. The van der Waals surface area contributed by atoms with Crippen molar-refractivity contribution in [2.45, 2.75) is 19.4 Å². The molecule has 4 nitrogen and oxygen atoms in total. The number of rotatable bonds is 5.